The topological polar surface area (TPSA) is 107 Å². The van der Waals surface area contributed by atoms with Crippen LogP contribution in [0.3, 0.4) is 0 Å². The molecule has 2 rings (SSSR count). The van der Waals surface area contributed by atoms with Crippen LogP contribution in [-0.4, -0.2) is 34.7 Å². The standard InChI is InChI=1S/C14H17N3O4/c1-9-8-11(17(20)21)2-3-12(9)14(19)16-6-4-10(5-7-16)13(15)18/h2-3,8,10H,4-7H2,1H3,(H2,15,18). The van der Waals surface area contributed by atoms with Gasteiger partial charge in [0.05, 0.1) is 4.92 Å². The van der Waals surface area contributed by atoms with E-state index in [1.54, 1.807) is 11.8 Å². The molecule has 7 nitrogen and oxygen atoms in total. The molecule has 0 bridgehead atoms. The molecule has 1 aromatic carbocycles. The van der Waals surface area contributed by atoms with Crippen molar-refractivity contribution in [2.75, 3.05) is 13.1 Å². The summed E-state index contributed by atoms with van der Waals surface area (Å²) in [6, 6.07) is 4.20. The van der Waals surface area contributed by atoms with Gasteiger partial charge in [-0.15, -0.1) is 0 Å². The van der Waals surface area contributed by atoms with E-state index in [-0.39, 0.29) is 23.4 Å². The Bertz CT molecular complexity index is 592. The lowest BCUT2D eigenvalue weighted by Crippen LogP contribution is -2.41. The van der Waals surface area contributed by atoms with Gasteiger partial charge in [0.2, 0.25) is 5.91 Å². The number of carbonyl (C=O) groups is 2. The molecule has 2 N–H and O–H groups in total. The van der Waals surface area contributed by atoms with Crippen molar-refractivity contribution in [1.29, 1.82) is 0 Å². The minimum Gasteiger partial charge on any atom is -0.369 e. The molecule has 0 radical (unpaired) electrons. The number of benzene rings is 1. The molecule has 1 aromatic rings. The summed E-state index contributed by atoms with van der Waals surface area (Å²) in [7, 11) is 0. The number of rotatable bonds is 3. The number of nitrogens with two attached hydrogens (primary N) is 1. The van der Waals surface area contributed by atoms with E-state index in [1.807, 2.05) is 0 Å². The number of nitrogens with zero attached hydrogens (tertiary/aromatic N) is 2. The second-order valence-electron chi connectivity index (χ2n) is 5.23. The highest BCUT2D eigenvalue weighted by atomic mass is 16.6. The zero-order valence-corrected chi connectivity index (χ0v) is 11.7. The molecule has 0 atom stereocenters. The zero-order chi connectivity index (χ0) is 15.6. The molecule has 2 amide bonds. The minimum atomic E-state index is -0.487. The average molecular weight is 291 g/mol. The molecule has 112 valence electrons. The molecule has 1 fully saturated rings. The predicted octanol–water partition coefficient (Wildman–Crippen LogP) is 1.24. The van der Waals surface area contributed by atoms with Gasteiger partial charge in [0.1, 0.15) is 0 Å². The molecule has 7 heteroatoms. The van der Waals surface area contributed by atoms with Crippen LogP contribution in [0.5, 0.6) is 0 Å². The number of hydrogen-bond donors (Lipinski definition) is 1. The van der Waals surface area contributed by atoms with Crippen LogP contribution in [0.1, 0.15) is 28.8 Å². The Balaban J connectivity index is 2.11. The molecule has 0 saturated carbocycles. The number of piperidine rings is 1. The quantitative estimate of drug-likeness (QED) is 0.667. The van der Waals surface area contributed by atoms with Gasteiger partial charge in [-0.05, 0) is 31.4 Å². The van der Waals surface area contributed by atoms with Gasteiger partial charge in [0, 0.05) is 36.7 Å². The molecule has 1 heterocycles. The van der Waals surface area contributed by atoms with Gasteiger partial charge in [-0.3, -0.25) is 19.7 Å². The van der Waals surface area contributed by atoms with E-state index >= 15 is 0 Å². The molecular formula is C14H17N3O4. The second kappa shape index (κ2) is 5.90. The summed E-state index contributed by atoms with van der Waals surface area (Å²) >= 11 is 0. The third-order valence-electron chi connectivity index (χ3n) is 3.84. The van der Waals surface area contributed by atoms with Crippen LogP contribution in [0.4, 0.5) is 5.69 Å². The summed E-state index contributed by atoms with van der Waals surface area (Å²) < 4.78 is 0. The van der Waals surface area contributed by atoms with E-state index in [0.717, 1.165) is 0 Å². The van der Waals surface area contributed by atoms with Gasteiger partial charge >= 0.3 is 0 Å². The fourth-order valence-electron chi connectivity index (χ4n) is 2.54. The Kier molecular flexibility index (Phi) is 4.21. The number of aryl methyl sites for hydroxylation is 1. The smallest absolute Gasteiger partial charge is 0.269 e. The van der Waals surface area contributed by atoms with E-state index in [0.29, 0.717) is 37.1 Å². The summed E-state index contributed by atoms with van der Waals surface area (Å²) in [5, 5.41) is 10.7. The highest BCUT2D eigenvalue weighted by molar-refractivity contribution is 5.96. The van der Waals surface area contributed by atoms with E-state index < -0.39 is 4.92 Å². The normalized spacial score (nSPS) is 15.8. The molecule has 1 aliphatic rings. The summed E-state index contributed by atoms with van der Waals surface area (Å²) in [4.78, 5) is 35.4. The molecular weight excluding hydrogens is 274 g/mol. The van der Waals surface area contributed by atoms with Crippen molar-refractivity contribution < 1.29 is 14.5 Å². The number of nitro groups is 1. The van der Waals surface area contributed by atoms with Gasteiger partial charge in [0.15, 0.2) is 0 Å². The van der Waals surface area contributed by atoms with Crippen LogP contribution < -0.4 is 5.73 Å². The zero-order valence-electron chi connectivity index (χ0n) is 11.7. The van der Waals surface area contributed by atoms with Gasteiger partial charge in [-0.1, -0.05) is 0 Å². The first-order valence-corrected chi connectivity index (χ1v) is 6.73. The molecule has 1 saturated heterocycles. The van der Waals surface area contributed by atoms with Crippen molar-refractivity contribution in [3.8, 4) is 0 Å². The number of amides is 2. The van der Waals surface area contributed by atoms with Crippen LogP contribution in [0.15, 0.2) is 18.2 Å². The van der Waals surface area contributed by atoms with Crippen molar-refractivity contribution in [2.24, 2.45) is 11.7 Å². The van der Waals surface area contributed by atoms with Crippen molar-refractivity contribution >= 4 is 17.5 Å². The van der Waals surface area contributed by atoms with Gasteiger partial charge in [-0.25, -0.2) is 0 Å². The Morgan fingerprint density at radius 2 is 1.95 bits per heavy atom. The number of carbonyl (C=O) groups excluding carboxylic acids is 2. The maximum atomic E-state index is 12.4. The third-order valence-corrected chi connectivity index (χ3v) is 3.84. The largest absolute Gasteiger partial charge is 0.369 e. The van der Waals surface area contributed by atoms with Gasteiger partial charge < -0.3 is 10.6 Å². The predicted molar refractivity (Wildman–Crippen MR) is 75.7 cm³/mol. The van der Waals surface area contributed by atoms with Crippen molar-refractivity contribution in [1.82, 2.24) is 4.90 Å². The molecule has 21 heavy (non-hydrogen) atoms. The maximum absolute atomic E-state index is 12.4. The first-order chi connectivity index (χ1) is 9.90. The maximum Gasteiger partial charge on any atom is 0.269 e. The van der Waals surface area contributed by atoms with Crippen LogP contribution >= 0.6 is 0 Å². The number of likely N-dealkylation sites (tertiary alicyclic amines) is 1. The summed E-state index contributed by atoms with van der Waals surface area (Å²) in [5.41, 5.74) is 6.26. The second-order valence-corrected chi connectivity index (χ2v) is 5.23. The number of hydrogen-bond acceptors (Lipinski definition) is 4. The summed E-state index contributed by atoms with van der Waals surface area (Å²) in [5.74, 6) is -0.661. The molecule has 0 aromatic heterocycles. The molecule has 0 unspecified atom stereocenters. The fourth-order valence-corrected chi connectivity index (χ4v) is 2.54. The number of non-ortho nitro benzene ring substituents is 1. The fraction of sp³-hybridized carbons (Fsp3) is 0.429. The highest BCUT2D eigenvalue weighted by Gasteiger charge is 2.27. The van der Waals surface area contributed by atoms with E-state index in [2.05, 4.69) is 0 Å². The molecule has 1 aliphatic heterocycles. The summed E-state index contributed by atoms with van der Waals surface area (Å²) in [6.07, 6.45) is 1.13. The third kappa shape index (κ3) is 3.18. The van der Waals surface area contributed by atoms with E-state index in [4.69, 9.17) is 5.73 Å². The lowest BCUT2D eigenvalue weighted by Gasteiger charge is -2.31. The Hall–Kier alpha value is -2.44. The number of primary amides is 1. The van der Waals surface area contributed by atoms with Crippen LogP contribution in [0.25, 0.3) is 0 Å². The average Bonchev–Trinajstić information content (AvgIpc) is 2.46. The van der Waals surface area contributed by atoms with Crippen LogP contribution in [-0.2, 0) is 4.79 Å². The first kappa shape index (κ1) is 15.0. The Morgan fingerprint density at radius 1 is 1.33 bits per heavy atom. The lowest BCUT2D eigenvalue weighted by atomic mass is 9.95. The van der Waals surface area contributed by atoms with Crippen molar-refractivity contribution in [2.45, 2.75) is 19.8 Å². The van der Waals surface area contributed by atoms with E-state index in [1.165, 1.54) is 18.2 Å². The van der Waals surface area contributed by atoms with Crippen LogP contribution in [0.2, 0.25) is 0 Å². The van der Waals surface area contributed by atoms with Crippen LogP contribution in [0, 0.1) is 23.0 Å². The highest BCUT2D eigenvalue weighted by Crippen LogP contribution is 2.22. The minimum absolute atomic E-state index is 0.0310. The molecule has 0 spiro atoms. The Morgan fingerprint density at radius 3 is 2.43 bits per heavy atom. The number of nitro benzene ring substituents is 1. The van der Waals surface area contributed by atoms with E-state index in [9.17, 15) is 19.7 Å². The van der Waals surface area contributed by atoms with Gasteiger partial charge in [0.25, 0.3) is 11.6 Å². The van der Waals surface area contributed by atoms with Gasteiger partial charge in [-0.2, -0.15) is 0 Å². The summed E-state index contributed by atoms with van der Waals surface area (Å²) in [6.45, 7) is 2.63. The Labute approximate surface area is 121 Å². The van der Waals surface area contributed by atoms with Crippen molar-refractivity contribution in [3.05, 3.63) is 39.4 Å². The SMILES string of the molecule is Cc1cc([N+](=O)[O-])ccc1C(=O)N1CCC(C(N)=O)CC1. The van der Waals surface area contributed by atoms with Crippen molar-refractivity contribution in [3.63, 3.8) is 0 Å². The molecule has 0 aliphatic carbocycles. The first-order valence-electron chi connectivity index (χ1n) is 6.73. The monoisotopic (exact) mass is 291 g/mol. The lowest BCUT2D eigenvalue weighted by molar-refractivity contribution is -0.384.